The van der Waals surface area contributed by atoms with Crippen LogP contribution in [0.15, 0.2) is 42.5 Å². The third kappa shape index (κ3) is 3.43. The highest BCUT2D eigenvalue weighted by Crippen LogP contribution is 2.19. The Kier molecular flexibility index (Phi) is 4.35. The molecule has 2 rings (SSSR count). The van der Waals surface area contributed by atoms with Crippen LogP contribution in [0.2, 0.25) is 5.02 Å². The van der Waals surface area contributed by atoms with E-state index in [4.69, 9.17) is 34.3 Å². The molecule has 0 unspecified atom stereocenters. The van der Waals surface area contributed by atoms with Crippen molar-refractivity contribution in [1.29, 1.82) is 0 Å². The van der Waals surface area contributed by atoms with Crippen LogP contribution in [0.4, 0.5) is 4.39 Å². The molecule has 0 fully saturated rings. The second kappa shape index (κ2) is 5.99. The van der Waals surface area contributed by atoms with Gasteiger partial charge in [0, 0.05) is 16.1 Å². The fraction of sp³-hybridized carbons (Fsp3) is 0.0714. The molecule has 0 spiro atoms. The van der Waals surface area contributed by atoms with Crippen LogP contribution in [0.1, 0.15) is 11.1 Å². The van der Waals surface area contributed by atoms with Crippen molar-refractivity contribution in [2.24, 2.45) is 5.73 Å². The lowest BCUT2D eigenvalue weighted by Crippen LogP contribution is -2.13. The van der Waals surface area contributed by atoms with E-state index >= 15 is 0 Å². The molecule has 0 amide bonds. The van der Waals surface area contributed by atoms with Crippen LogP contribution in [-0.2, 0) is 6.61 Å². The molecule has 19 heavy (non-hydrogen) atoms. The van der Waals surface area contributed by atoms with Gasteiger partial charge in [-0.3, -0.25) is 0 Å². The first kappa shape index (κ1) is 13.8. The lowest BCUT2D eigenvalue weighted by molar-refractivity contribution is 0.300. The van der Waals surface area contributed by atoms with E-state index in [0.29, 0.717) is 16.3 Å². The summed E-state index contributed by atoms with van der Waals surface area (Å²) in [5.74, 6) is 0.175. The molecule has 0 heterocycles. The molecule has 2 N–H and O–H groups in total. The number of nitrogens with two attached hydrogens (primary N) is 1. The Morgan fingerprint density at radius 2 is 1.89 bits per heavy atom. The molecule has 0 bridgehead atoms. The van der Waals surface area contributed by atoms with Crippen LogP contribution in [0.3, 0.4) is 0 Å². The van der Waals surface area contributed by atoms with Crippen molar-refractivity contribution < 1.29 is 9.13 Å². The second-order valence-corrected chi connectivity index (χ2v) is 4.76. The molecule has 0 aliphatic rings. The standard InChI is InChI=1S/C14H11ClFNOS/c15-10-4-6-11(7-5-10)18-8-9-2-1-3-12(13(9)16)14(17)19/h1-7H,8H2,(H2,17,19). The van der Waals surface area contributed by atoms with Gasteiger partial charge in [-0.1, -0.05) is 36.0 Å². The zero-order valence-electron chi connectivity index (χ0n) is 9.90. The monoisotopic (exact) mass is 295 g/mol. The predicted molar refractivity (Wildman–Crippen MR) is 78.1 cm³/mol. The number of thiocarbonyl (C=S) groups is 1. The minimum absolute atomic E-state index is 0.0332. The van der Waals surface area contributed by atoms with E-state index in [1.807, 2.05) is 0 Å². The number of hydrogen-bond donors (Lipinski definition) is 1. The molecule has 0 atom stereocenters. The molecule has 0 aliphatic heterocycles. The fourth-order valence-electron chi connectivity index (χ4n) is 1.57. The fourth-order valence-corrected chi connectivity index (χ4v) is 1.86. The number of ether oxygens (including phenoxy) is 1. The highest BCUT2D eigenvalue weighted by Gasteiger charge is 2.10. The predicted octanol–water partition coefficient (Wildman–Crippen LogP) is 3.69. The smallest absolute Gasteiger partial charge is 0.139 e. The molecule has 0 saturated heterocycles. The van der Waals surface area contributed by atoms with E-state index < -0.39 is 5.82 Å². The largest absolute Gasteiger partial charge is 0.489 e. The Hall–Kier alpha value is -1.65. The maximum atomic E-state index is 14.0. The molecule has 0 radical (unpaired) electrons. The average molecular weight is 296 g/mol. The lowest BCUT2D eigenvalue weighted by Gasteiger charge is -2.09. The van der Waals surface area contributed by atoms with E-state index in [2.05, 4.69) is 0 Å². The average Bonchev–Trinajstić information content (AvgIpc) is 2.39. The van der Waals surface area contributed by atoms with Gasteiger partial charge in [-0.25, -0.2) is 4.39 Å². The van der Waals surface area contributed by atoms with Gasteiger partial charge in [-0.15, -0.1) is 0 Å². The third-order valence-electron chi connectivity index (χ3n) is 2.55. The van der Waals surface area contributed by atoms with Crippen molar-refractivity contribution in [2.45, 2.75) is 6.61 Å². The molecule has 0 saturated carbocycles. The van der Waals surface area contributed by atoms with Crippen LogP contribution >= 0.6 is 23.8 Å². The Labute approximate surface area is 120 Å². The maximum absolute atomic E-state index is 14.0. The zero-order valence-corrected chi connectivity index (χ0v) is 11.5. The summed E-state index contributed by atoms with van der Waals surface area (Å²) in [5.41, 5.74) is 6.08. The van der Waals surface area contributed by atoms with Crippen LogP contribution in [0.5, 0.6) is 5.75 Å². The van der Waals surface area contributed by atoms with Gasteiger partial charge in [0.2, 0.25) is 0 Å². The summed E-state index contributed by atoms with van der Waals surface area (Å²) < 4.78 is 19.5. The number of hydrogen-bond acceptors (Lipinski definition) is 2. The van der Waals surface area contributed by atoms with Crippen molar-refractivity contribution in [2.75, 3.05) is 0 Å². The first-order valence-electron chi connectivity index (χ1n) is 5.53. The summed E-state index contributed by atoms with van der Waals surface area (Å²) >= 11 is 10.5. The topological polar surface area (TPSA) is 35.2 Å². The van der Waals surface area contributed by atoms with E-state index in [1.165, 1.54) is 0 Å². The normalized spacial score (nSPS) is 10.2. The van der Waals surface area contributed by atoms with Gasteiger partial charge in [0.05, 0.1) is 0 Å². The second-order valence-electron chi connectivity index (χ2n) is 3.89. The zero-order chi connectivity index (χ0) is 13.8. The maximum Gasteiger partial charge on any atom is 0.139 e. The molecule has 0 aromatic heterocycles. The molecule has 98 valence electrons. The minimum Gasteiger partial charge on any atom is -0.489 e. The van der Waals surface area contributed by atoms with Gasteiger partial charge in [0.1, 0.15) is 23.2 Å². The van der Waals surface area contributed by atoms with Gasteiger partial charge < -0.3 is 10.5 Å². The van der Waals surface area contributed by atoms with Crippen LogP contribution < -0.4 is 10.5 Å². The summed E-state index contributed by atoms with van der Waals surface area (Å²) in [6.07, 6.45) is 0. The third-order valence-corrected chi connectivity index (χ3v) is 3.02. The van der Waals surface area contributed by atoms with Crippen LogP contribution in [0.25, 0.3) is 0 Å². The molecule has 2 aromatic carbocycles. The van der Waals surface area contributed by atoms with Gasteiger partial charge in [0.15, 0.2) is 0 Å². The Morgan fingerprint density at radius 1 is 1.21 bits per heavy atom. The molecule has 5 heteroatoms. The quantitative estimate of drug-likeness (QED) is 0.874. The van der Waals surface area contributed by atoms with Crippen molar-refractivity contribution in [3.63, 3.8) is 0 Å². The summed E-state index contributed by atoms with van der Waals surface area (Å²) in [6.45, 7) is 0.101. The Bertz CT molecular complexity index is 601. The lowest BCUT2D eigenvalue weighted by atomic mass is 10.1. The first-order valence-corrected chi connectivity index (χ1v) is 6.32. The number of rotatable bonds is 4. The Morgan fingerprint density at radius 3 is 2.53 bits per heavy atom. The van der Waals surface area contributed by atoms with Gasteiger partial charge in [-0.05, 0) is 30.3 Å². The number of halogens is 2. The van der Waals surface area contributed by atoms with Crippen LogP contribution in [0, 0.1) is 5.82 Å². The van der Waals surface area contributed by atoms with Gasteiger partial charge in [0.25, 0.3) is 0 Å². The van der Waals surface area contributed by atoms with Crippen molar-refractivity contribution in [3.05, 3.63) is 64.4 Å². The van der Waals surface area contributed by atoms with Gasteiger partial charge >= 0.3 is 0 Å². The number of benzene rings is 2. The van der Waals surface area contributed by atoms with Crippen molar-refractivity contribution in [1.82, 2.24) is 0 Å². The van der Waals surface area contributed by atoms with E-state index in [1.54, 1.807) is 42.5 Å². The van der Waals surface area contributed by atoms with E-state index in [9.17, 15) is 4.39 Å². The van der Waals surface area contributed by atoms with Crippen LogP contribution in [-0.4, -0.2) is 4.99 Å². The van der Waals surface area contributed by atoms with Crippen molar-refractivity contribution >= 4 is 28.8 Å². The minimum atomic E-state index is -0.441. The summed E-state index contributed by atoms with van der Waals surface area (Å²) in [4.78, 5) is 0.0332. The van der Waals surface area contributed by atoms with Gasteiger partial charge in [-0.2, -0.15) is 0 Å². The molecular formula is C14H11ClFNOS. The van der Waals surface area contributed by atoms with Crippen molar-refractivity contribution in [3.8, 4) is 5.75 Å². The summed E-state index contributed by atoms with van der Waals surface area (Å²) in [6, 6.07) is 11.7. The first-order chi connectivity index (χ1) is 9.08. The Balaban J connectivity index is 2.13. The highest BCUT2D eigenvalue weighted by molar-refractivity contribution is 7.80. The molecular weight excluding hydrogens is 285 g/mol. The van der Waals surface area contributed by atoms with E-state index in [0.717, 1.165) is 0 Å². The molecule has 2 nitrogen and oxygen atoms in total. The molecule has 2 aromatic rings. The SMILES string of the molecule is NC(=S)c1cccc(COc2ccc(Cl)cc2)c1F. The van der Waals surface area contributed by atoms with E-state index in [-0.39, 0.29) is 17.2 Å². The molecule has 0 aliphatic carbocycles. The highest BCUT2D eigenvalue weighted by atomic mass is 35.5. The summed E-state index contributed by atoms with van der Waals surface area (Å²) in [7, 11) is 0. The summed E-state index contributed by atoms with van der Waals surface area (Å²) in [5, 5.41) is 0.619.